The van der Waals surface area contributed by atoms with Crippen LogP contribution in [0.4, 0.5) is 0 Å². The van der Waals surface area contributed by atoms with E-state index in [1.165, 1.54) is 5.56 Å². The molecule has 0 fully saturated rings. The van der Waals surface area contributed by atoms with E-state index in [1.54, 1.807) is 30.4 Å². The van der Waals surface area contributed by atoms with Crippen LogP contribution in [-0.4, -0.2) is 5.97 Å². The average molecular weight is 381 g/mol. The van der Waals surface area contributed by atoms with Gasteiger partial charge in [-0.25, -0.2) is 4.79 Å². The minimum Gasteiger partial charge on any atom is -0.422 e. The topological polar surface area (TPSA) is 26.3 Å². The molecule has 2 nitrogen and oxygen atoms in total. The number of fused-ring (bicyclic) bond motifs is 1. The molecule has 0 spiro atoms. The van der Waals surface area contributed by atoms with E-state index in [-0.39, 0.29) is 0 Å². The third-order valence-electron chi connectivity index (χ3n) is 4.28. The normalized spacial score (nSPS) is 15.4. The van der Waals surface area contributed by atoms with Gasteiger partial charge in [0, 0.05) is 15.6 Å². The van der Waals surface area contributed by atoms with E-state index in [0.29, 0.717) is 21.4 Å². The standard InChI is InChI=1S/C22H14Cl2O2/c1-13-2-3-15-9-17(5-4-14(15)8-13)21-11-18(22(25)26-21)10-16-6-7-19(23)12-20(16)24/h2-12H,1H3/b18-10-. The molecule has 0 radical (unpaired) electrons. The van der Waals surface area contributed by atoms with Gasteiger partial charge < -0.3 is 4.74 Å². The van der Waals surface area contributed by atoms with Gasteiger partial charge in [-0.1, -0.05) is 65.2 Å². The molecule has 0 aliphatic carbocycles. The van der Waals surface area contributed by atoms with Crippen molar-refractivity contribution in [2.45, 2.75) is 6.92 Å². The van der Waals surface area contributed by atoms with Gasteiger partial charge in [-0.05, 0) is 53.6 Å². The lowest BCUT2D eigenvalue weighted by Gasteiger charge is -2.05. The first-order valence-electron chi connectivity index (χ1n) is 8.11. The molecule has 0 aromatic heterocycles. The predicted octanol–water partition coefficient (Wildman–Crippen LogP) is 6.44. The van der Waals surface area contributed by atoms with Crippen LogP contribution in [0.25, 0.3) is 22.6 Å². The molecule has 0 saturated heterocycles. The maximum absolute atomic E-state index is 12.2. The first kappa shape index (κ1) is 16.9. The molecule has 1 heterocycles. The van der Waals surface area contributed by atoms with Gasteiger partial charge in [0.25, 0.3) is 0 Å². The lowest BCUT2D eigenvalue weighted by Crippen LogP contribution is -1.97. The van der Waals surface area contributed by atoms with Gasteiger partial charge in [0.1, 0.15) is 5.76 Å². The van der Waals surface area contributed by atoms with Gasteiger partial charge in [-0.15, -0.1) is 0 Å². The van der Waals surface area contributed by atoms with Crippen LogP contribution in [0.2, 0.25) is 10.0 Å². The van der Waals surface area contributed by atoms with Crippen LogP contribution >= 0.6 is 23.2 Å². The number of aryl methyl sites for hydroxylation is 1. The highest BCUT2D eigenvalue weighted by atomic mass is 35.5. The summed E-state index contributed by atoms with van der Waals surface area (Å²) >= 11 is 12.1. The zero-order chi connectivity index (χ0) is 18.3. The van der Waals surface area contributed by atoms with Crippen molar-refractivity contribution >= 4 is 51.8 Å². The van der Waals surface area contributed by atoms with Gasteiger partial charge in [-0.2, -0.15) is 0 Å². The molecular weight excluding hydrogens is 367 g/mol. The molecule has 1 aliphatic heterocycles. The fourth-order valence-electron chi connectivity index (χ4n) is 2.94. The number of rotatable bonds is 2. The quantitative estimate of drug-likeness (QED) is 0.377. The summed E-state index contributed by atoms with van der Waals surface area (Å²) < 4.78 is 5.45. The minimum atomic E-state index is -0.394. The van der Waals surface area contributed by atoms with E-state index in [2.05, 4.69) is 25.1 Å². The predicted molar refractivity (Wildman–Crippen MR) is 107 cm³/mol. The van der Waals surface area contributed by atoms with Gasteiger partial charge >= 0.3 is 5.97 Å². The molecule has 4 heteroatoms. The molecule has 3 aromatic carbocycles. The molecule has 0 unspecified atom stereocenters. The van der Waals surface area contributed by atoms with Crippen molar-refractivity contribution < 1.29 is 9.53 Å². The number of ether oxygens (including phenoxy) is 1. The van der Waals surface area contributed by atoms with Crippen LogP contribution in [0.15, 0.2) is 66.2 Å². The number of halogens is 2. The second-order valence-electron chi connectivity index (χ2n) is 6.23. The number of hydrogen-bond acceptors (Lipinski definition) is 2. The monoisotopic (exact) mass is 380 g/mol. The number of carbonyl (C=O) groups is 1. The van der Waals surface area contributed by atoms with Gasteiger partial charge in [0.15, 0.2) is 0 Å². The van der Waals surface area contributed by atoms with E-state index >= 15 is 0 Å². The molecule has 128 valence electrons. The third-order valence-corrected chi connectivity index (χ3v) is 4.84. The zero-order valence-electron chi connectivity index (χ0n) is 13.9. The van der Waals surface area contributed by atoms with Gasteiger partial charge in [0.2, 0.25) is 0 Å². The highest BCUT2D eigenvalue weighted by Crippen LogP contribution is 2.31. The average Bonchev–Trinajstić information content (AvgIpc) is 2.97. The fraction of sp³-hybridized carbons (Fsp3) is 0.0455. The molecule has 26 heavy (non-hydrogen) atoms. The SMILES string of the molecule is Cc1ccc2cc(C3=C/C(=C/c4ccc(Cl)cc4Cl)C(=O)O3)ccc2c1. The summed E-state index contributed by atoms with van der Waals surface area (Å²) in [6, 6.07) is 17.4. The molecule has 3 aromatic rings. The molecule has 0 saturated carbocycles. The van der Waals surface area contributed by atoms with E-state index in [0.717, 1.165) is 21.9 Å². The van der Waals surface area contributed by atoms with Crippen LogP contribution < -0.4 is 0 Å². The Balaban J connectivity index is 1.72. The number of carbonyl (C=O) groups excluding carboxylic acids is 1. The second-order valence-corrected chi connectivity index (χ2v) is 7.07. The molecule has 0 bridgehead atoms. The lowest BCUT2D eigenvalue weighted by molar-refractivity contribution is -0.130. The van der Waals surface area contributed by atoms with Crippen LogP contribution in [0.1, 0.15) is 16.7 Å². The number of esters is 1. The van der Waals surface area contributed by atoms with Crippen molar-refractivity contribution in [3.63, 3.8) is 0 Å². The maximum atomic E-state index is 12.2. The van der Waals surface area contributed by atoms with Crippen molar-refractivity contribution in [2.75, 3.05) is 0 Å². The van der Waals surface area contributed by atoms with Gasteiger partial charge in [-0.3, -0.25) is 0 Å². The lowest BCUT2D eigenvalue weighted by atomic mass is 10.0. The Bertz CT molecular complexity index is 1110. The summed E-state index contributed by atoms with van der Waals surface area (Å²) in [5.74, 6) is 0.142. The Kier molecular flexibility index (Phi) is 4.31. The largest absolute Gasteiger partial charge is 0.422 e. The maximum Gasteiger partial charge on any atom is 0.343 e. The number of cyclic esters (lactones) is 1. The van der Waals surface area contributed by atoms with E-state index < -0.39 is 5.97 Å². The van der Waals surface area contributed by atoms with Crippen LogP contribution in [0, 0.1) is 6.92 Å². The molecule has 1 aliphatic rings. The molecular formula is C22H14Cl2O2. The van der Waals surface area contributed by atoms with Crippen molar-refractivity contribution in [1.82, 2.24) is 0 Å². The first-order chi connectivity index (χ1) is 12.5. The summed E-state index contributed by atoms with van der Waals surface area (Å²) in [6.07, 6.45) is 3.45. The molecule has 0 atom stereocenters. The highest BCUT2D eigenvalue weighted by Gasteiger charge is 2.22. The minimum absolute atomic E-state index is 0.394. The summed E-state index contributed by atoms with van der Waals surface area (Å²) in [5, 5.41) is 3.29. The Morgan fingerprint density at radius 3 is 2.50 bits per heavy atom. The summed E-state index contributed by atoms with van der Waals surface area (Å²) in [7, 11) is 0. The summed E-state index contributed by atoms with van der Waals surface area (Å²) in [4.78, 5) is 12.2. The zero-order valence-corrected chi connectivity index (χ0v) is 15.4. The van der Waals surface area contributed by atoms with Crippen LogP contribution in [0.5, 0.6) is 0 Å². The van der Waals surface area contributed by atoms with Crippen molar-refractivity contribution in [1.29, 1.82) is 0 Å². The van der Waals surface area contributed by atoms with Crippen molar-refractivity contribution in [2.24, 2.45) is 0 Å². The van der Waals surface area contributed by atoms with Gasteiger partial charge in [0.05, 0.1) is 5.57 Å². The Labute approximate surface area is 161 Å². The smallest absolute Gasteiger partial charge is 0.343 e. The Morgan fingerprint density at radius 1 is 0.923 bits per heavy atom. The van der Waals surface area contributed by atoms with E-state index in [4.69, 9.17) is 27.9 Å². The van der Waals surface area contributed by atoms with Crippen LogP contribution in [-0.2, 0) is 9.53 Å². The third kappa shape index (κ3) is 3.26. The second kappa shape index (κ2) is 6.64. The first-order valence-corrected chi connectivity index (χ1v) is 8.87. The van der Waals surface area contributed by atoms with E-state index in [1.807, 2.05) is 18.2 Å². The Morgan fingerprint density at radius 2 is 1.69 bits per heavy atom. The molecule has 0 N–H and O–H groups in total. The highest BCUT2D eigenvalue weighted by molar-refractivity contribution is 6.35. The Hall–Kier alpha value is -2.55. The van der Waals surface area contributed by atoms with Crippen molar-refractivity contribution in [3.05, 3.63) is 93.0 Å². The summed E-state index contributed by atoms with van der Waals surface area (Å²) in [5.41, 5.74) is 3.24. The fourth-order valence-corrected chi connectivity index (χ4v) is 3.40. The van der Waals surface area contributed by atoms with E-state index in [9.17, 15) is 4.79 Å². The van der Waals surface area contributed by atoms with Crippen molar-refractivity contribution in [3.8, 4) is 0 Å². The number of benzene rings is 3. The summed E-state index contributed by atoms with van der Waals surface area (Å²) in [6.45, 7) is 2.06. The number of hydrogen-bond donors (Lipinski definition) is 0. The molecule has 4 rings (SSSR count). The van der Waals surface area contributed by atoms with Crippen LogP contribution in [0.3, 0.4) is 0 Å². The molecule has 0 amide bonds.